The molecule has 0 saturated carbocycles. The number of benzene rings is 1. The van der Waals surface area contributed by atoms with Crippen molar-refractivity contribution in [2.75, 3.05) is 26.6 Å². The summed E-state index contributed by atoms with van der Waals surface area (Å²) in [6.45, 7) is 0. The minimum atomic E-state index is -0.537. The molecule has 0 radical (unpaired) electrons. The molecule has 0 amide bonds. The van der Waals surface area contributed by atoms with E-state index in [-0.39, 0.29) is 0 Å². The van der Waals surface area contributed by atoms with E-state index in [4.69, 9.17) is 14.2 Å². The van der Waals surface area contributed by atoms with Gasteiger partial charge in [-0.05, 0) is 18.2 Å². The third-order valence-electron chi connectivity index (χ3n) is 4.34. The number of pyridine rings is 1. The molecule has 3 aromatic heterocycles. The van der Waals surface area contributed by atoms with E-state index in [0.717, 1.165) is 5.39 Å². The van der Waals surface area contributed by atoms with E-state index in [1.165, 1.54) is 12.3 Å². The van der Waals surface area contributed by atoms with Crippen LogP contribution in [0.25, 0.3) is 16.7 Å². The number of hydrogen-bond donors (Lipinski definition) is 1. The number of hydrogen-bond acceptors (Lipinski definition) is 7. The van der Waals surface area contributed by atoms with Crippen LogP contribution in [0.4, 0.5) is 16.0 Å². The van der Waals surface area contributed by atoms with Gasteiger partial charge in [0.05, 0.1) is 33.2 Å². The Morgan fingerprint density at radius 2 is 1.69 bits per heavy atom. The van der Waals surface area contributed by atoms with Crippen molar-refractivity contribution < 1.29 is 18.6 Å². The monoisotopic (exact) mass is 395 g/mol. The molecule has 4 rings (SSSR count). The normalized spacial score (nSPS) is 10.8. The van der Waals surface area contributed by atoms with Crippen molar-refractivity contribution in [3.8, 4) is 22.9 Å². The van der Waals surface area contributed by atoms with Gasteiger partial charge in [0.1, 0.15) is 5.65 Å². The zero-order valence-corrected chi connectivity index (χ0v) is 16.0. The number of nitrogens with zero attached hydrogens (tertiary/aromatic N) is 4. The Morgan fingerprint density at radius 3 is 2.31 bits per heavy atom. The fraction of sp³-hybridized carbons (Fsp3) is 0.150. The summed E-state index contributed by atoms with van der Waals surface area (Å²) in [6, 6.07) is 8.34. The minimum Gasteiger partial charge on any atom is -0.493 e. The second-order valence-corrected chi connectivity index (χ2v) is 6.04. The minimum absolute atomic E-state index is 0.377. The second-order valence-electron chi connectivity index (χ2n) is 6.04. The molecule has 148 valence electrons. The predicted octanol–water partition coefficient (Wildman–Crippen LogP) is 3.72. The van der Waals surface area contributed by atoms with Crippen molar-refractivity contribution in [1.82, 2.24) is 19.5 Å². The smallest absolute Gasteiger partial charge is 0.229 e. The molecule has 0 aliphatic heterocycles. The first-order chi connectivity index (χ1) is 14.1. The average molecular weight is 395 g/mol. The molecule has 0 fully saturated rings. The molecule has 0 spiro atoms. The number of nitrogens with one attached hydrogen (secondary N) is 1. The van der Waals surface area contributed by atoms with Crippen molar-refractivity contribution in [2.45, 2.75) is 0 Å². The highest BCUT2D eigenvalue weighted by Gasteiger charge is 2.14. The summed E-state index contributed by atoms with van der Waals surface area (Å²) in [5.74, 6) is 1.35. The topological polar surface area (TPSA) is 83.3 Å². The average Bonchev–Trinajstić information content (AvgIpc) is 3.16. The summed E-state index contributed by atoms with van der Waals surface area (Å²) in [6.07, 6.45) is 4.98. The van der Waals surface area contributed by atoms with Crippen molar-refractivity contribution in [3.63, 3.8) is 0 Å². The van der Waals surface area contributed by atoms with Crippen LogP contribution in [0.2, 0.25) is 0 Å². The molecule has 0 aliphatic rings. The number of halogens is 1. The number of methoxy groups -OCH3 is 3. The first-order valence-electron chi connectivity index (χ1n) is 8.66. The number of fused-ring (bicyclic) bond motifs is 1. The van der Waals surface area contributed by atoms with Crippen LogP contribution < -0.4 is 19.5 Å². The zero-order chi connectivity index (χ0) is 20.4. The van der Waals surface area contributed by atoms with Crippen LogP contribution in [0.3, 0.4) is 0 Å². The van der Waals surface area contributed by atoms with Gasteiger partial charge in [0.15, 0.2) is 11.5 Å². The Bertz CT molecular complexity index is 1140. The van der Waals surface area contributed by atoms with Crippen LogP contribution in [0.5, 0.6) is 17.2 Å². The van der Waals surface area contributed by atoms with E-state index >= 15 is 0 Å². The molecule has 3 heterocycles. The van der Waals surface area contributed by atoms with Crippen LogP contribution in [-0.4, -0.2) is 40.8 Å². The summed E-state index contributed by atoms with van der Waals surface area (Å²) < 4.78 is 31.0. The van der Waals surface area contributed by atoms with Crippen LogP contribution in [0.1, 0.15) is 0 Å². The molecular weight excluding hydrogens is 377 g/mol. The highest BCUT2D eigenvalue weighted by atomic mass is 19.1. The number of rotatable bonds is 6. The molecule has 0 bridgehead atoms. The van der Waals surface area contributed by atoms with Gasteiger partial charge in [-0.25, -0.2) is 9.97 Å². The van der Waals surface area contributed by atoms with Crippen molar-refractivity contribution in [3.05, 3.63) is 54.9 Å². The summed E-state index contributed by atoms with van der Waals surface area (Å²) in [5.41, 5.74) is 2.02. The molecule has 0 unspecified atom stereocenters. The predicted molar refractivity (Wildman–Crippen MR) is 106 cm³/mol. The van der Waals surface area contributed by atoms with Crippen molar-refractivity contribution in [1.29, 1.82) is 0 Å². The lowest BCUT2D eigenvalue weighted by Gasteiger charge is -2.14. The molecule has 0 aliphatic carbocycles. The Morgan fingerprint density at radius 1 is 0.931 bits per heavy atom. The summed E-state index contributed by atoms with van der Waals surface area (Å²) >= 11 is 0. The van der Waals surface area contributed by atoms with E-state index in [1.807, 2.05) is 16.8 Å². The molecule has 9 heteroatoms. The third-order valence-corrected chi connectivity index (χ3v) is 4.34. The Hall–Kier alpha value is -3.88. The first kappa shape index (κ1) is 18.5. The third kappa shape index (κ3) is 3.49. The quantitative estimate of drug-likeness (QED) is 0.498. The molecular formula is C20H18FN5O3. The molecule has 8 nitrogen and oxygen atoms in total. The Kier molecular flexibility index (Phi) is 4.86. The van der Waals surface area contributed by atoms with E-state index < -0.39 is 5.95 Å². The van der Waals surface area contributed by atoms with Gasteiger partial charge < -0.3 is 19.5 Å². The van der Waals surface area contributed by atoms with E-state index in [9.17, 15) is 4.39 Å². The summed E-state index contributed by atoms with van der Waals surface area (Å²) in [7, 11) is 4.64. The first-order valence-corrected chi connectivity index (χ1v) is 8.66. The van der Waals surface area contributed by atoms with E-state index in [2.05, 4.69) is 20.3 Å². The lowest BCUT2D eigenvalue weighted by Crippen LogP contribution is -2.02. The van der Waals surface area contributed by atoms with Gasteiger partial charge >= 0.3 is 0 Å². The van der Waals surface area contributed by atoms with E-state index in [1.54, 1.807) is 45.7 Å². The summed E-state index contributed by atoms with van der Waals surface area (Å²) in [4.78, 5) is 12.6. The molecule has 4 aromatic rings. The number of ether oxygens (including phenoxy) is 3. The van der Waals surface area contributed by atoms with Gasteiger partial charge in [-0.3, -0.25) is 4.57 Å². The van der Waals surface area contributed by atoms with Gasteiger partial charge in [-0.2, -0.15) is 9.37 Å². The molecule has 0 saturated heterocycles. The Balaban J connectivity index is 1.72. The fourth-order valence-electron chi connectivity index (χ4n) is 2.98. The summed E-state index contributed by atoms with van der Waals surface area (Å²) in [5, 5.41) is 3.99. The van der Waals surface area contributed by atoms with Crippen LogP contribution in [0, 0.1) is 5.95 Å². The fourth-order valence-corrected chi connectivity index (χ4v) is 2.98. The second kappa shape index (κ2) is 7.63. The van der Waals surface area contributed by atoms with Gasteiger partial charge in [0.25, 0.3) is 0 Å². The standard InChI is InChI=1S/C20H18FN5O3/c1-27-15-8-13(9-16(28-2)18(15)29-3)24-20-23-10-12-6-7-26(19(12)25-20)14-4-5-17(21)22-11-14/h4-11H,1-3H3,(H,23,24,25). The van der Waals surface area contributed by atoms with Crippen LogP contribution in [0.15, 0.2) is 48.9 Å². The maximum absolute atomic E-state index is 13.1. The zero-order valence-electron chi connectivity index (χ0n) is 16.0. The van der Waals surface area contributed by atoms with Crippen molar-refractivity contribution >= 4 is 22.7 Å². The van der Waals surface area contributed by atoms with E-state index in [0.29, 0.717) is 40.2 Å². The molecule has 0 atom stereocenters. The maximum Gasteiger partial charge on any atom is 0.229 e. The maximum atomic E-state index is 13.1. The van der Waals surface area contributed by atoms with Crippen LogP contribution in [-0.2, 0) is 0 Å². The van der Waals surface area contributed by atoms with Gasteiger partial charge in [0.2, 0.25) is 17.6 Å². The molecule has 1 aromatic carbocycles. The Labute approximate surface area is 165 Å². The number of aromatic nitrogens is 4. The van der Waals surface area contributed by atoms with Crippen LogP contribution >= 0.6 is 0 Å². The lowest BCUT2D eigenvalue weighted by atomic mass is 10.2. The van der Waals surface area contributed by atoms with Gasteiger partial charge in [-0.1, -0.05) is 0 Å². The highest BCUT2D eigenvalue weighted by Crippen LogP contribution is 2.40. The SMILES string of the molecule is COc1cc(Nc2ncc3ccn(-c4ccc(F)nc4)c3n2)cc(OC)c1OC. The molecule has 1 N–H and O–H groups in total. The molecule has 29 heavy (non-hydrogen) atoms. The van der Waals surface area contributed by atoms with Gasteiger partial charge in [-0.15, -0.1) is 0 Å². The lowest BCUT2D eigenvalue weighted by molar-refractivity contribution is 0.324. The largest absolute Gasteiger partial charge is 0.493 e. The number of anilines is 2. The van der Waals surface area contributed by atoms with Gasteiger partial charge in [0, 0.05) is 35.6 Å². The highest BCUT2D eigenvalue weighted by molar-refractivity contribution is 5.79. The van der Waals surface area contributed by atoms with Crippen molar-refractivity contribution in [2.24, 2.45) is 0 Å².